The van der Waals surface area contributed by atoms with Gasteiger partial charge < -0.3 is 4.74 Å². The summed E-state index contributed by atoms with van der Waals surface area (Å²) in [4.78, 5) is 14.5. The number of fused-ring (bicyclic) bond motifs is 1. The molecule has 2 rings (SSSR count). The Morgan fingerprint density at radius 3 is 2.64 bits per heavy atom. The van der Waals surface area contributed by atoms with Crippen molar-refractivity contribution in [1.29, 1.82) is 0 Å². The van der Waals surface area contributed by atoms with Crippen molar-refractivity contribution >= 4 is 5.97 Å². The van der Waals surface area contributed by atoms with Crippen LogP contribution in [0, 0.1) is 5.92 Å². The van der Waals surface area contributed by atoms with Gasteiger partial charge in [0.2, 0.25) is 0 Å². The lowest BCUT2D eigenvalue weighted by Crippen LogP contribution is -2.49. The van der Waals surface area contributed by atoms with Crippen LogP contribution in [0.2, 0.25) is 0 Å². The van der Waals surface area contributed by atoms with Gasteiger partial charge in [-0.05, 0) is 45.2 Å². The van der Waals surface area contributed by atoms with Crippen LogP contribution in [0.15, 0.2) is 0 Å². The van der Waals surface area contributed by atoms with Crippen LogP contribution in [-0.2, 0) is 9.53 Å². The highest BCUT2D eigenvalue weighted by Gasteiger charge is 2.33. The molecule has 0 aromatic rings. The Hall–Kier alpha value is -0.570. The van der Waals surface area contributed by atoms with E-state index in [-0.39, 0.29) is 5.97 Å². The average molecular weight is 309 g/mol. The second-order valence-electron chi connectivity index (χ2n) is 7.20. The predicted molar refractivity (Wildman–Crippen MR) is 90.9 cm³/mol. The van der Waals surface area contributed by atoms with Gasteiger partial charge in [0.1, 0.15) is 0 Å². The van der Waals surface area contributed by atoms with E-state index in [0.29, 0.717) is 25.0 Å². The van der Waals surface area contributed by atoms with Crippen LogP contribution in [0.25, 0.3) is 0 Å². The molecule has 0 aromatic carbocycles. The Kier molecular flexibility index (Phi) is 8.28. The third-order valence-corrected chi connectivity index (χ3v) is 5.42. The molecule has 128 valence electrons. The van der Waals surface area contributed by atoms with Crippen molar-refractivity contribution in [3.63, 3.8) is 0 Å². The molecule has 2 heterocycles. The monoisotopic (exact) mass is 309 g/mol. The van der Waals surface area contributed by atoms with E-state index in [0.717, 1.165) is 6.42 Å². The lowest BCUT2D eigenvalue weighted by Gasteiger charge is -2.44. The largest absolute Gasteiger partial charge is 0.465 e. The molecule has 2 aliphatic rings. The lowest BCUT2D eigenvalue weighted by atomic mass is 9.84. The highest BCUT2D eigenvalue weighted by molar-refractivity contribution is 5.69. The smallest absolute Gasteiger partial charge is 0.305 e. The van der Waals surface area contributed by atoms with E-state index in [4.69, 9.17) is 4.74 Å². The highest BCUT2D eigenvalue weighted by atomic mass is 16.5. The lowest BCUT2D eigenvalue weighted by molar-refractivity contribution is -0.146. The van der Waals surface area contributed by atoms with Gasteiger partial charge in [-0.25, -0.2) is 0 Å². The number of hydrogen-bond donors (Lipinski definition) is 0. The molecule has 0 radical (unpaired) electrons. The van der Waals surface area contributed by atoms with Gasteiger partial charge in [0.25, 0.3) is 0 Å². The number of rotatable bonds is 9. The first kappa shape index (κ1) is 17.8. The molecule has 0 saturated carbocycles. The number of ether oxygens (including phenoxy) is 1. The maximum absolute atomic E-state index is 11.9. The van der Waals surface area contributed by atoms with Crippen LogP contribution in [0.3, 0.4) is 0 Å². The SMILES string of the molecule is CCCCCCCCC(=O)OCC1CCCN2CCCCC12. The van der Waals surface area contributed by atoms with E-state index >= 15 is 0 Å². The number of nitrogens with zero attached hydrogens (tertiary/aromatic N) is 1. The summed E-state index contributed by atoms with van der Waals surface area (Å²) in [6, 6.07) is 0.685. The van der Waals surface area contributed by atoms with Gasteiger partial charge in [-0.3, -0.25) is 9.69 Å². The summed E-state index contributed by atoms with van der Waals surface area (Å²) in [5.74, 6) is 0.617. The molecule has 2 aliphatic heterocycles. The fourth-order valence-corrected chi connectivity index (χ4v) is 4.09. The molecule has 2 saturated heterocycles. The van der Waals surface area contributed by atoms with Crippen LogP contribution >= 0.6 is 0 Å². The second-order valence-corrected chi connectivity index (χ2v) is 7.20. The summed E-state index contributed by atoms with van der Waals surface area (Å²) in [6.45, 7) is 5.41. The van der Waals surface area contributed by atoms with Gasteiger partial charge in [-0.1, -0.05) is 45.4 Å². The second kappa shape index (κ2) is 10.3. The Balaban J connectivity index is 1.57. The number of carbonyl (C=O) groups is 1. The summed E-state index contributed by atoms with van der Waals surface area (Å²) in [5.41, 5.74) is 0. The third kappa shape index (κ3) is 5.91. The van der Waals surface area contributed by atoms with Crippen molar-refractivity contribution in [3.8, 4) is 0 Å². The molecule has 3 heteroatoms. The van der Waals surface area contributed by atoms with Crippen molar-refractivity contribution < 1.29 is 9.53 Å². The van der Waals surface area contributed by atoms with Gasteiger partial charge in [0.15, 0.2) is 0 Å². The maximum Gasteiger partial charge on any atom is 0.305 e. The molecule has 0 N–H and O–H groups in total. The zero-order chi connectivity index (χ0) is 15.6. The number of unbranched alkanes of at least 4 members (excludes halogenated alkanes) is 5. The fourth-order valence-electron chi connectivity index (χ4n) is 4.09. The van der Waals surface area contributed by atoms with Gasteiger partial charge in [-0.15, -0.1) is 0 Å². The molecule has 2 unspecified atom stereocenters. The Morgan fingerprint density at radius 1 is 1.00 bits per heavy atom. The first-order valence-corrected chi connectivity index (χ1v) is 9.71. The van der Waals surface area contributed by atoms with Gasteiger partial charge in [0, 0.05) is 18.4 Å². The quantitative estimate of drug-likeness (QED) is 0.462. The number of hydrogen-bond acceptors (Lipinski definition) is 3. The number of esters is 1. The van der Waals surface area contributed by atoms with E-state index in [1.165, 1.54) is 77.3 Å². The Labute approximate surface area is 136 Å². The minimum Gasteiger partial charge on any atom is -0.465 e. The van der Waals surface area contributed by atoms with Gasteiger partial charge in [0.05, 0.1) is 6.61 Å². The molecule has 0 aromatic heterocycles. The molecule has 0 bridgehead atoms. The molecular weight excluding hydrogens is 274 g/mol. The van der Waals surface area contributed by atoms with Crippen LogP contribution < -0.4 is 0 Å². The molecule has 2 atom stereocenters. The zero-order valence-corrected chi connectivity index (χ0v) is 14.5. The van der Waals surface area contributed by atoms with Crippen LogP contribution in [-0.4, -0.2) is 36.6 Å². The summed E-state index contributed by atoms with van der Waals surface area (Å²) in [6.07, 6.45) is 14.5. The molecule has 22 heavy (non-hydrogen) atoms. The fraction of sp³-hybridized carbons (Fsp3) is 0.947. The first-order valence-electron chi connectivity index (χ1n) is 9.71. The first-order chi connectivity index (χ1) is 10.8. The summed E-state index contributed by atoms with van der Waals surface area (Å²) >= 11 is 0. The highest BCUT2D eigenvalue weighted by Crippen LogP contribution is 2.31. The third-order valence-electron chi connectivity index (χ3n) is 5.42. The van der Waals surface area contributed by atoms with Crippen molar-refractivity contribution in [2.75, 3.05) is 19.7 Å². The van der Waals surface area contributed by atoms with Crippen LogP contribution in [0.1, 0.15) is 84.0 Å². The number of carbonyl (C=O) groups excluding carboxylic acids is 1. The molecule has 0 spiro atoms. The minimum atomic E-state index is 0.0309. The minimum absolute atomic E-state index is 0.0309. The molecule has 0 amide bonds. The van der Waals surface area contributed by atoms with Gasteiger partial charge >= 0.3 is 5.97 Å². The Morgan fingerprint density at radius 2 is 1.77 bits per heavy atom. The van der Waals surface area contributed by atoms with Crippen LogP contribution in [0.5, 0.6) is 0 Å². The molecule has 3 nitrogen and oxygen atoms in total. The topological polar surface area (TPSA) is 29.5 Å². The molecular formula is C19H35NO2. The van der Waals surface area contributed by atoms with E-state index < -0.39 is 0 Å². The van der Waals surface area contributed by atoms with Crippen molar-refractivity contribution in [3.05, 3.63) is 0 Å². The molecule has 2 fully saturated rings. The van der Waals surface area contributed by atoms with Crippen molar-refractivity contribution in [2.24, 2.45) is 5.92 Å². The van der Waals surface area contributed by atoms with E-state index in [1.54, 1.807) is 0 Å². The van der Waals surface area contributed by atoms with Crippen molar-refractivity contribution in [1.82, 2.24) is 4.90 Å². The standard InChI is InChI=1S/C19H35NO2/c1-2-3-4-5-6-7-13-19(21)22-16-17-11-10-15-20-14-9-8-12-18(17)20/h17-18H,2-16H2,1H3. The van der Waals surface area contributed by atoms with Crippen molar-refractivity contribution in [2.45, 2.75) is 90.0 Å². The summed E-state index contributed by atoms with van der Waals surface area (Å²) < 4.78 is 5.59. The summed E-state index contributed by atoms with van der Waals surface area (Å²) in [7, 11) is 0. The predicted octanol–water partition coefficient (Wildman–Crippen LogP) is 4.54. The Bertz CT molecular complexity index is 317. The van der Waals surface area contributed by atoms with E-state index in [1.807, 2.05) is 0 Å². The normalized spacial score (nSPS) is 25.7. The average Bonchev–Trinajstić information content (AvgIpc) is 2.56. The molecule has 0 aliphatic carbocycles. The van der Waals surface area contributed by atoms with Gasteiger partial charge in [-0.2, -0.15) is 0 Å². The number of piperidine rings is 2. The summed E-state index contributed by atoms with van der Waals surface area (Å²) in [5, 5.41) is 0. The van der Waals surface area contributed by atoms with E-state index in [9.17, 15) is 4.79 Å². The maximum atomic E-state index is 11.9. The zero-order valence-electron chi connectivity index (χ0n) is 14.5. The van der Waals surface area contributed by atoms with E-state index in [2.05, 4.69) is 11.8 Å². The van der Waals surface area contributed by atoms with Crippen LogP contribution in [0.4, 0.5) is 0 Å².